The highest BCUT2D eigenvalue weighted by Crippen LogP contribution is 2.07. The molecule has 0 atom stereocenters. The lowest BCUT2D eigenvalue weighted by Crippen LogP contribution is -2.45. The molecule has 6 heteroatoms. The summed E-state index contributed by atoms with van der Waals surface area (Å²) in [5.41, 5.74) is 0. The number of imide groups is 1. The Hall–Kier alpha value is -1.66. The fourth-order valence-corrected chi connectivity index (χ4v) is 2.14. The monoisotopic (exact) mass is 282 g/mol. The van der Waals surface area contributed by atoms with Crippen molar-refractivity contribution >= 4 is 11.8 Å². The van der Waals surface area contributed by atoms with Crippen LogP contribution in [0.4, 0.5) is 0 Å². The van der Waals surface area contributed by atoms with E-state index in [9.17, 15) is 9.59 Å². The molecule has 2 N–H and O–H groups in total. The Morgan fingerprint density at radius 2 is 2.10 bits per heavy atom. The van der Waals surface area contributed by atoms with Crippen LogP contribution in [0.2, 0.25) is 0 Å². The van der Waals surface area contributed by atoms with Crippen LogP contribution in [0.3, 0.4) is 0 Å². The Labute approximate surface area is 118 Å². The largest absolute Gasteiger partial charge is 0.459 e. The minimum atomic E-state index is -0.548. The van der Waals surface area contributed by atoms with Crippen LogP contribution in [0.15, 0.2) is 22.8 Å². The van der Waals surface area contributed by atoms with Crippen LogP contribution >= 0.6 is 0 Å². The van der Waals surface area contributed by atoms with Crippen molar-refractivity contribution in [2.24, 2.45) is 0 Å². The highest BCUT2D eigenvalue weighted by molar-refractivity contribution is 6.03. The first-order chi connectivity index (χ1) is 9.62. The molecule has 6 nitrogen and oxygen atoms in total. The SMILES string of the molecule is CCC(CC)N(CCO)CC(=O)NC(=O)c1ccco1. The number of hydrogen-bond donors (Lipinski definition) is 2. The molecule has 1 rings (SSSR count). The molecule has 1 aromatic rings. The van der Waals surface area contributed by atoms with Gasteiger partial charge in [0.15, 0.2) is 5.76 Å². The van der Waals surface area contributed by atoms with Crippen molar-refractivity contribution in [3.05, 3.63) is 24.2 Å². The molecule has 20 heavy (non-hydrogen) atoms. The number of furan rings is 1. The van der Waals surface area contributed by atoms with Crippen molar-refractivity contribution in [1.82, 2.24) is 10.2 Å². The molecular formula is C14H22N2O4. The van der Waals surface area contributed by atoms with Gasteiger partial charge in [-0.1, -0.05) is 13.8 Å². The molecule has 112 valence electrons. The van der Waals surface area contributed by atoms with Gasteiger partial charge in [0.25, 0.3) is 5.91 Å². The number of nitrogens with zero attached hydrogens (tertiary/aromatic N) is 1. The smallest absolute Gasteiger partial charge is 0.293 e. The first-order valence-corrected chi connectivity index (χ1v) is 6.84. The lowest BCUT2D eigenvalue weighted by molar-refractivity contribution is -0.122. The number of amides is 2. The van der Waals surface area contributed by atoms with Gasteiger partial charge in [-0.25, -0.2) is 0 Å². The molecule has 0 aliphatic carbocycles. The molecule has 2 amide bonds. The summed E-state index contributed by atoms with van der Waals surface area (Å²) < 4.78 is 4.92. The number of rotatable bonds is 8. The van der Waals surface area contributed by atoms with Gasteiger partial charge in [-0.3, -0.25) is 19.8 Å². The quantitative estimate of drug-likeness (QED) is 0.744. The minimum absolute atomic E-state index is 0.0179. The van der Waals surface area contributed by atoms with E-state index in [2.05, 4.69) is 5.32 Å². The first-order valence-electron chi connectivity index (χ1n) is 6.84. The van der Waals surface area contributed by atoms with Crippen molar-refractivity contribution < 1.29 is 19.1 Å². The van der Waals surface area contributed by atoms with Gasteiger partial charge in [0.05, 0.1) is 19.4 Å². The molecule has 0 bridgehead atoms. The molecule has 0 fully saturated rings. The van der Waals surface area contributed by atoms with Crippen LogP contribution in [0.25, 0.3) is 0 Å². The zero-order valence-electron chi connectivity index (χ0n) is 12.0. The van der Waals surface area contributed by atoms with E-state index in [0.29, 0.717) is 6.54 Å². The standard InChI is InChI=1S/C14H22N2O4/c1-3-11(4-2)16(7-8-17)10-13(18)15-14(19)12-6-5-9-20-12/h5-6,9,11,17H,3-4,7-8,10H2,1-2H3,(H,15,18,19). The van der Waals surface area contributed by atoms with Crippen LogP contribution in [0.1, 0.15) is 37.2 Å². The predicted molar refractivity (Wildman–Crippen MR) is 74.2 cm³/mol. The van der Waals surface area contributed by atoms with Gasteiger partial charge in [0.1, 0.15) is 0 Å². The predicted octanol–water partition coefficient (Wildman–Crippen LogP) is 1.02. The Morgan fingerprint density at radius 1 is 1.40 bits per heavy atom. The molecule has 0 spiro atoms. The zero-order chi connectivity index (χ0) is 15.0. The zero-order valence-corrected chi connectivity index (χ0v) is 12.0. The van der Waals surface area contributed by atoms with Gasteiger partial charge in [-0.2, -0.15) is 0 Å². The second-order valence-corrected chi connectivity index (χ2v) is 4.52. The van der Waals surface area contributed by atoms with Crippen LogP contribution in [0.5, 0.6) is 0 Å². The summed E-state index contributed by atoms with van der Waals surface area (Å²) >= 11 is 0. The van der Waals surface area contributed by atoms with E-state index in [1.54, 1.807) is 6.07 Å². The third-order valence-corrected chi connectivity index (χ3v) is 3.19. The topological polar surface area (TPSA) is 82.8 Å². The number of aliphatic hydroxyl groups is 1. The van der Waals surface area contributed by atoms with Crippen molar-refractivity contribution in [3.8, 4) is 0 Å². The van der Waals surface area contributed by atoms with Gasteiger partial charge in [0, 0.05) is 12.6 Å². The Morgan fingerprint density at radius 3 is 2.60 bits per heavy atom. The second kappa shape index (κ2) is 8.50. The van der Waals surface area contributed by atoms with E-state index in [1.165, 1.54) is 12.3 Å². The Bertz CT molecular complexity index is 413. The maximum absolute atomic E-state index is 11.9. The van der Waals surface area contributed by atoms with Crippen molar-refractivity contribution in [2.75, 3.05) is 19.7 Å². The van der Waals surface area contributed by atoms with Crippen LogP contribution < -0.4 is 5.32 Å². The molecule has 0 aliphatic rings. The number of carbonyl (C=O) groups excluding carboxylic acids is 2. The molecule has 0 aliphatic heterocycles. The van der Waals surface area contributed by atoms with Gasteiger partial charge in [0.2, 0.25) is 5.91 Å². The highest BCUT2D eigenvalue weighted by atomic mass is 16.3. The third-order valence-electron chi connectivity index (χ3n) is 3.19. The first kappa shape index (κ1) is 16.4. The van der Waals surface area contributed by atoms with E-state index >= 15 is 0 Å². The average Bonchev–Trinajstić information content (AvgIpc) is 2.94. The highest BCUT2D eigenvalue weighted by Gasteiger charge is 2.20. The molecule has 0 saturated heterocycles. The Balaban J connectivity index is 2.55. The third kappa shape index (κ3) is 4.79. The normalized spacial score (nSPS) is 11.1. The van der Waals surface area contributed by atoms with Crippen LogP contribution in [-0.2, 0) is 4.79 Å². The van der Waals surface area contributed by atoms with Crippen LogP contribution in [-0.4, -0.2) is 47.6 Å². The molecule has 1 heterocycles. The number of carbonyl (C=O) groups is 2. The lowest BCUT2D eigenvalue weighted by Gasteiger charge is -2.28. The van der Waals surface area contributed by atoms with Gasteiger partial charge < -0.3 is 9.52 Å². The molecule has 0 radical (unpaired) electrons. The number of hydrogen-bond acceptors (Lipinski definition) is 5. The fourth-order valence-electron chi connectivity index (χ4n) is 2.14. The maximum atomic E-state index is 11.9. The summed E-state index contributed by atoms with van der Waals surface area (Å²) in [7, 11) is 0. The van der Waals surface area contributed by atoms with E-state index in [4.69, 9.17) is 9.52 Å². The van der Waals surface area contributed by atoms with E-state index in [1.807, 2.05) is 18.7 Å². The molecular weight excluding hydrogens is 260 g/mol. The van der Waals surface area contributed by atoms with E-state index in [-0.39, 0.29) is 25.0 Å². The summed E-state index contributed by atoms with van der Waals surface area (Å²) in [5.74, 6) is -0.838. The van der Waals surface area contributed by atoms with Gasteiger partial charge in [-0.15, -0.1) is 0 Å². The maximum Gasteiger partial charge on any atom is 0.293 e. The molecule has 0 unspecified atom stereocenters. The molecule has 0 saturated carbocycles. The minimum Gasteiger partial charge on any atom is -0.459 e. The summed E-state index contributed by atoms with van der Waals surface area (Å²) in [6.07, 6.45) is 3.15. The van der Waals surface area contributed by atoms with Crippen LogP contribution in [0, 0.1) is 0 Å². The second-order valence-electron chi connectivity index (χ2n) is 4.52. The van der Waals surface area contributed by atoms with E-state index < -0.39 is 11.8 Å². The number of aliphatic hydroxyl groups excluding tert-OH is 1. The average molecular weight is 282 g/mol. The Kier molecular flexibility index (Phi) is 6.97. The van der Waals surface area contributed by atoms with Crippen molar-refractivity contribution in [3.63, 3.8) is 0 Å². The van der Waals surface area contributed by atoms with E-state index in [0.717, 1.165) is 12.8 Å². The summed E-state index contributed by atoms with van der Waals surface area (Å²) in [4.78, 5) is 25.4. The lowest BCUT2D eigenvalue weighted by atomic mass is 10.1. The molecule has 1 aromatic heterocycles. The molecule has 0 aromatic carbocycles. The summed E-state index contributed by atoms with van der Waals surface area (Å²) in [6.45, 7) is 4.54. The van der Waals surface area contributed by atoms with Crippen molar-refractivity contribution in [1.29, 1.82) is 0 Å². The summed E-state index contributed by atoms with van der Waals surface area (Å²) in [6, 6.07) is 3.29. The van der Waals surface area contributed by atoms with Crippen molar-refractivity contribution in [2.45, 2.75) is 32.7 Å². The number of nitrogens with one attached hydrogen (secondary N) is 1. The fraction of sp³-hybridized carbons (Fsp3) is 0.571. The summed E-state index contributed by atoms with van der Waals surface area (Å²) in [5, 5.41) is 11.3. The van der Waals surface area contributed by atoms with Gasteiger partial charge in [-0.05, 0) is 25.0 Å². The van der Waals surface area contributed by atoms with Gasteiger partial charge >= 0.3 is 0 Å².